The lowest BCUT2D eigenvalue weighted by molar-refractivity contribution is -0.212. The monoisotopic (exact) mass is 426 g/mol. The molecule has 156 valence electrons. The van der Waals surface area contributed by atoms with Crippen molar-refractivity contribution in [2.75, 3.05) is 12.3 Å². The Morgan fingerprint density at radius 3 is 2.90 bits per heavy atom. The standard InChI is InChI=1S/C17H20ClFN6O4/c1-8(2)11(21)14(27)28-7-16(19)3-4-17(6-20,29-16)25-5-9(18)10-12(25)23-15(22)24-13(10)26/h5,8,11H,3-4,7,21H2,1-2H3,(H3,22,23,24,26)/t11-,16-,17-/m0/s1. The molecule has 0 spiro atoms. The Balaban J connectivity index is 1.91. The second-order valence-corrected chi connectivity index (χ2v) is 7.66. The van der Waals surface area contributed by atoms with Gasteiger partial charge in [0.25, 0.3) is 5.56 Å². The molecule has 2 aromatic heterocycles. The van der Waals surface area contributed by atoms with Crippen molar-refractivity contribution in [1.29, 1.82) is 5.26 Å². The molecule has 1 aliphatic rings. The molecule has 0 unspecified atom stereocenters. The van der Waals surface area contributed by atoms with Gasteiger partial charge in [0.05, 0.1) is 5.02 Å². The third-order valence-corrected chi connectivity index (χ3v) is 5.09. The van der Waals surface area contributed by atoms with Crippen LogP contribution in [0.25, 0.3) is 11.0 Å². The van der Waals surface area contributed by atoms with Crippen LogP contribution in [0.15, 0.2) is 11.0 Å². The van der Waals surface area contributed by atoms with Crippen LogP contribution in [-0.2, 0) is 20.0 Å². The van der Waals surface area contributed by atoms with Crippen molar-refractivity contribution in [3.63, 3.8) is 0 Å². The second kappa shape index (κ2) is 7.29. The maximum absolute atomic E-state index is 15.2. The number of nitrogens with two attached hydrogens (primary N) is 2. The van der Waals surface area contributed by atoms with Crippen LogP contribution in [0.4, 0.5) is 10.3 Å². The number of rotatable bonds is 5. The summed E-state index contributed by atoms with van der Waals surface area (Å²) in [5.41, 5.74) is 8.78. The van der Waals surface area contributed by atoms with Crippen molar-refractivity contribution < 1.29 is 18.7 Å². The van der Waals surface area contributed by atoms with Gasteiger partial charge in [0.1, 0.15) is 17.5 Å². The summed E-state index contributed by atoms with van der Waals surface area (Å²) < 4.78 is 26.8. The number of aromatic amines is 1. The Morgan fingerprint density at radius 1 is 1.59 bits per heavy atom. The SMILES string of the molecule is CC(C)[C@H](N)C(=O)OC[C@]1(F)CC[C@](C#N)(n2cc(Cl)c3c(=O)[nH]c(N)nc32)O1. The van der Waals surface area contributed by atoms with E-state index in [4.69, 9.17) is 32.5 Å². The summed E-state index contributed by atoms with van der Waals surface area (Å²) in [7, 11) is 0. The average Bonchev–Trinajstić information content (AvgIpc) is 3.18. The molecular formula is C17H20ClFN6O4. The molecule has 3 heterocycles. The number of aromatic nitrogens is 3. The van der Waals surface area contributed by atoms with Gasteiger partial charge in [-0.05, 0) is 5.92 Å². The van der Waals surface area contributed by atoms with Gasteiger partial charge in [-0.25, -0.2) is 4.39 Å². The van der Waals surface area contributed by atoms with E-state index in [-0.39, 0.29) is 40.8 Å². The summed E-state index contributed by atoms with van der Waals surface area (Å²) >= 11 is 6.11. The molecule has 1 saturated heterocycles. The zero-order chi connectivity index (χ0) is 21.6. The van der Waals surface area contributed by atoms with Crippen LogP contribution < -0.4 is 17.0 Å². The van der Waals surface area contributed by atoms with Gasteiger partial charge in [-0.15, -0.1) is 0 Å². The molecule has 0 aromatic carbocycles. The normalized spacial score (nSPS) is 25.3. The van der Waals surface area contributed by atoms with Crippen molar-refractivity contribution >= 4 is 34.6 Å². The van der Waals surface area contributed by atoms with Gasteiger partial charge in [0.15, 0.2) is 12.3 Å². The summed E-state index contributed by atoms with van der Waals surface area (Å²) in [6, 6.07) is 0.995. The first-order chi connectivity index (χ1) is 13.5. The first-order valence-electron chi connectivity index (χ1n) is 8.81. The number of esters is 1. The second-order valence-electron chi connectivity index (χ2n) is 7.26. The van der Waals surface area contributed by atoms with Gasteiger partial charge in [-0.2, -0.15) is 10.2 Å². The van der Waals surface area contributed by atoms with E-state index >= 15 is 4.39 Å². The highest BCUT2D eigenvalue weighted by Gasteiger charge is 2.53. The molecule has 1 fully saturated rings. The number of alkyl halides is 1. The van der Waals surface area contributed by atoms with Crippen molar-refractivity contribution in [3.8, 4) is 6.07 Å². The minimum atomic E-state index is -2.43. The summed E-state index contributed by atoms with van der Waals surface area (Å²) in [6.07, 6.45) is 0.895. The molecule has 0 bridgehead atoms. The van der Waals surface area contributed by atoms with E-state index in [1.807, 2.05) is 6.07 Å². The van der Waals surface area contributed by atoms with Gasteiger partial charge in [0, 0.05) is 19.0 Å². The Bertz CT molecular complexity index is 1060. The maximum Gasteiger partial charge on any atom is 0.323 e. The topological polar surface area (TPSA) is 162 Å². The van der Waals surface area contributed by atoms with E-state index in [1.165, 1.54) is 10.8 Å². The van der Waals surface area contributed by atoms with Crippen LogP contribution in [-0.4, -0.2) is 39.0 Å². The number of nitriles is 1. The highest BCUT2D eigenvalue weighted by molar-refractivity contribution is 6.35. The van der Waals surface area contributed by atoms with Crippen LogP contribution >= 0.6 is 11.6 Å². The largest absolute Gasteiger partial charge is 0.458 e. The van der Waals surface area contributed by atoms with Gasteiger partial charge in [-0.1, -0.05) is 25.4 Å². The van der Waals surface area contributed by atoms with Crippen molar-refractivity contribution in [3.05, 3.63) is 21.6 Å². The van der Waals surface area contributed by atoms with Gasteiger partial charge in [-0.3, -0.25) is 19.1 Å². The lowest BCUT2D eigenvalue weighted by atomic mass is 10.1. The number of hydrogen-bond donors (Lipinski definition) is 3. The number of nitrogen functional groups attached to an aromatic ring is 1. The number of halogens is 2. The van der Waals surface area contributed by atoms with Crippen molar-refractivity contribution in [2.45, 2.75) is 44.3 Å². The van der Waals surface area contributed by atoms with Gasteiger partial charge < -0.3 is 20.9 Å². The summed E-state index contributed by atoms with van der Waals surface area (Å²) in [4.78, 5) is 30.4. The highest BCUT2D eigenvalue weighted by atomic mass is 35.5. The van der Waals surface area contributed by atoms with Crippen LogP contribution in [0.5, 0.6) is 0 Å². The lowest BCUT2D eigenvalue weighted by Gasteiger charge is -2.27. The molecule has 0 radical (unpaired) electrons. The molecule has 3 atom stereocenters. The molecule has 1 aliphatic heterocycles. The summed E-state index contributed by atoms with van der Waals surface area (Å²) in [5.74, 6) is -3.60. The predicted molar refractivity (Wildman–Crippen MR) is 101 cm³/mol. The van der Waals surface area contributed by atoms with E-state index in [0.717, 1.165) is 0 Å². The van der Waals surface area contributed by atoms with E-state index in [9.17, 15) is 14.9 Å². The molecule has 10 nitrogen and oxygen atoms in total. The minimum Gasteiger partial charge on any atom is -0.458 e. The van der Waals surface area contributed by atoms with Crippen LogP contribution in [0.1, 0.15) is 26.7 Å². The fourth-order valence-corrected chi connectivity index (χ4v) is 3.36. The Hall–Kier alpha value is -2.68. The zero-order valence-corrected chi connectivity index (χ0v) is 16.5. The number of ether oxygens (including phenoxy) is 2. The molecule has 0 saturated carbocycles. The first-order valence-corrected chi connectivity index (χ1v) is 9.19. The molecule has 5 N–H and O–H groups in total. The number of anilines is 1. The number of carbonyl (C=O) groups excluding carboxylic acids is 1. The molecule has 12 heteroatoms. The summed E-state index contributed by atoms with van der Waals surface area (Å²) in [5, 5.41) is 9.76. The van der Waals surface area contributed by atoms with Gasteiger partial charge >= 0.3 is 5.97 Å². The molecule has 2 aromatic rings. The Kier molecular flexibility index (Phi) is 5.29. The van der Waals surface area contributed by atoms with E-state index in [0.29, 0.717) is 0 Å². The summed E-state index contributed by atoms with van der Waals surface area (Å²) in [6.45, 7) is 2.72. The van der Waals surface area contributed by atoms with Crippen molar-refractivity contribution in [2.24, 2.45) is 11.7 Å². The number of H-pyrrole nitrogens is 1. The van der Waals surface area contributed by atoms with Crippen LogP contribution in [0.2, 0.25) is 5.02 Å². The molecule has 29 heavy (non-hydrogen) atoms. The molecule has 3 rings (SSSR count). The number of hydrogen-bond acceptors (Lipinski definition) is 8. The van der Waals surface area contributed by atoms with Crippen molar-refractivity contribution in [1.82, 2.24) is 14.5 Å². The number of fused-ring (bicyclic) bond motifs is 1. The molecule has 0 amide bonds. The number of carbonyl (C=O) groups is 1. The fourth-order valence-electron chi connectivity index (χ4n) is 3.09. The quantitative estimate of drug-likeness (QED) is 0.599. The van der Waals surface area contributed by atoms with E-state index in [2.05, 4.69) is 9.97 Å². The minimum absolute atomic E-state index is 0.00216. The molecular weight excluding hydrogens is 407 g/mol. The van der Waals surface area contributed by atoms with Crippen LogP contribution in [0.3, 0.4) is 0 Å². The fraction of sp³-hybridized carbons (Fsp3) is 0.529. The molecule has 0 aliphatic carbocycles. The maximum atomic E-state index is 15.2. The Morgan fingerprint density at radius 2 is 2.28 bits per heavy atom. The lowest BCUT2D eigenvalue weighted by Crippen LogP contribution is -2.41. The highest BCUT2D eigenvalue weighted by Crippen LogP contribution is 2.44. The zero-order valence-electron chi connectivity index (χ0n) is 15.7. The van der Waals surface area contributed by atoms with E-state index in [1.54, 1.807) is 13.8 Å². The smallest absolute Gasteiger partial charge is 0.323 e. The van der Waals surface area contributed by atoms with Crippen LogP contribution in [0, 0.1) is 17.2 Å². The van der Waals surface area contributed by atoms with E-state index < -0.39 is 35.8 Å². The predicted octanol–water partition coefficient (Wildman–Crippen LogP) is 1.14. The number of nitrogens with one attached hydrogen (secondary N) is 1. The third kappa shape index (κ3) is 3.66. The Labute approximate surface area is 169 Å². The van der Waals surface area contributed by atoms with Gasteiger partial charge in [0.2, 0.25) is 17.5 Å². The third-order valence-electron chi connectivity index (χ3n) is 4.80. The average molecular weight is 427 g/mol. The first kappa shape index (κ1) is 21.0. The number of nitrogens with zero attached hydrogens (tertiary/aromatic N) is 3.